The number of likely N-dealkylation sites (tertiary alicyclic amines) is 2. The Balaban J connectivity index is 1.80. The average molecular weight is 306 g/mol. The topological polar surface area (TPSA) is 53.0 Å². The standard InChI is InChI=1S/C14H24F2N2O3/c1-21-9-2-12(19)18-8-3-13(20,11-18)10-17-6-4-14(15,16)5-7-17/h20H,2-11H2,1H3/t13-/m1/s1. The molecular weight excluding hydrogens is 282 g/mol. The molecule has 0 spiro atoms. The molecule has 0 aliphatic carbocycles. The van der Waals surface area contributed by atoms with E-state index < -0.39 is 11.5 Å². The van der Waals surface area contributed by atoms with Crippen molar-refractivity contribution >= 4 is 5.91 Å². The van der Waals surface area contributed by atoms with Gasteiger partial charge in [0.05, 0.1) is 25.2 Å². The van der Waals surface area contributed by atoms with E-state index in [0.717, 1.165) is 0 Å². The van der Waals surface area contributed by atoms with Crippen molar-refractivity contribution in [3.63, 3.8) is 0 Å². The van der Waals surface area contributed by atoms with Crippen LogP contribution in [0.15, 0.2) is 0 Å². The Kier molecular flexibility index (Phi) is 5.16. The minimum absolute atomic E-state index is 0.0297. The minimum Gasteiger partial charge on any atom is -0.387 e. The number of halogens is 2. The van der Waals surface area contributed by atoms with Gasteiger partial charge in [-0.25, -0.2) is 8.78 Å². The third-order valence-corrected chi connectivity index (χ3v) is 4.31. The van der Waals surface area contributed by atoms with Crippen LogP contribution in [0.2, 0.25) is 0 Å². The van der Waals surface area contributed by atoms with E-state index in [9.17, 15) is 18.7 Å². The molecule has 21 heavy (non-hydrogen) atoms. The van der Waals surface area contributed by atoms with Gasteiger partial charge in [0.15, 0.2) is 0 Å². The lowest BCUT2D eigenvalue weighted by Gasteiger charge is -2.36. The molecule has 0 radical (unpaired) electrons. The highest BCUT2D eigenvalue weighted by molar-refractivity contribution is 5.76. The number of amides is 1. The zero-order valence-corrected chi connectivity index (χ0v) is 12.5. The lowest BCUT2D eigenvalue weighted by Crippen LogP contribution is -2.49. The number of nitrogens with zero attached hydrogens (tertiary/aromatic N) is 2. The molecule has 7 heteroatoms. The van der Waals surface area contributed by atoms with E-state index in [1.54, 1.807) is 12.0 Å². The molecule has 0 bridgehead atoms. The number of carbonyl (C=O) groups is 1. The van der Waals surface area contributed by atoms with Gasteiger partial charge >= 0.3 is 0 Å². The van der Waals surface area contributed by atoms with Crippen LogP contribution < -0.4 is 0 Å². The monoisotopic (exact) mass is 306 g/mol. The zero-order valence-electron chi connectivity index (χ0n) is 12.5. The van der Waals surface area contributed by atoms with E-state index in [1.165, 1.54) is 0 Å². The zero-order chi connectivity index (χ0) is 15.5. The largest absolute Gasteiger partial charge is 0.387 e. The molecule has 2 aliphatic heterocycles. The molecule has 2 aliphatic rings. The number of carbonyl (C=O) groups excluding carboxylic acids is 1. The van der Waals surface area contributed by atoms with Gasteiger partial charge in [-0.2, -0.15) is 0 Å². The highest BCUT2D eigenvalue weighted by atomic mass is 19.3. The first-order valence-electron chi connectivity index (χ1n) is 7.43. The second-order valence-corrected chi connectivity index (χ2v) is 6.16. The van der Waals surface area contributed by atoms with Gasteiger partial charge < -0.3 is 14.7 Å². The molecule has 1 amide bonds. The Morgan fingerprint density at radius 2 is 1.90 bits per heavy atom. The number of aliphatic hydroxyl groups is 1. The minimum atomic E-state index is -2.57. The number of hydrogen-bond donors (Lipinski definition) is 1. The van der Waals surface area contributed by atoms with E-state index in [0.29, 0.717) is 45.6 Å². The van der Waals surface area contributed by atoms with Gasteiger partial charge in [-0.1, -0.05) is 0 Å². The second kappa shape index (κ2) is 6.54. The van der Waals surface area contributed by atoms with Gasteiger partial charge in [-0.05, 0) is 6.42 Å². The molecule has 122 valence electrons. The van der Waals surface area contributed by atoms with Gasteiger partial charge in [-0.3, -0.25) is 9.69 Å². The Hall–Kier alpha value is -0.790. The van der Waals surface area contributed by atoms with Crippen LogP contribution >= 0.6 is 0 Å². The van der Waals surface area contributed by atoms with E-state index >= 15 is 0 Å². The SMILES string of the molecule is COCCC(=O)N1CC[C@@](O)(CN2CCC(F)(F)CC2)C1. The highest BCUT2D eigenvalue weighted by Gasteiger charge is 2.41. The van der Waals surface area contributed by atoms with Gasteiger partial charge in [0.1, 0.15) is 0 Å². The van der Waals surface area contributed by atoms with Crippen LogP contribution in [0.3, 0.4) is 0 Å². The molecule has 0 saturated carbocycles. The van der Waals surface area contributed by atoms with Crippen molar-refractivity contribution in [3.05, 3.63) is 0 Å². The highest BCUT2D eigenvalue weighted by Crippen LogP contribution is 2.30. The maximum atomic E-state index is 13.1. The fourth-order valence-electron chi connectivity index (χ4n) is 3.00. The van der Waals surface area contributed by atoms with Crippen LogP contribution in [-0.4, -0.2) is 78.8 Å². The number of alkyl halides is 2. The summed E-state index contributed by atoms with van der Waals surface area (Å²) < 4.78 is 31.1. The second-order valence-electron chi connectivity index (χ2n) is 6.16. The maximum absolute atomic E-state index is 13.1. The molecule has 0 unspecified atom stereocenters. The van der Waals surface area contributed by atoms with Gasteiger partial charge in [-0.15, -0.1) is 0 Å². The third kappa shape index (κ3) is 4.59. The normalized spacial score (nSPS) is 29.8. The van der Waals surface area contributed by atoms with Gasteiger partial charge in [0.2, 0.25) is 5.91 Å². The van der Waals surface area contributed by atoms with E-state index in [1.807, 2.05) is 4.90 Å². The summed E-state index contributed by atoms with van der Waals surface area (Å²) in [6, 6.07) is 0. The van der Waals surface area contributed by atoms with E-state index in [4.69, 9.17) is 4.74 Å². The summed E-state index contributed by atoms with van der Waals surface area (Å²) in [5.74, 6) is -2.60. The molecule has 0 aromatic heterocycles. The van der Waals surface area contributed by atoms with Crippen LogP contribution in [0.1, 0.15) is 25.7 Å². The maximum Gasteiger partial charge on any atom is 0.250 e. The summed E-state index contributed by atoms with van der Waals surface area (Å²) in [5, 5.41) is 10.6. The molecule has 5 nitrogen and oxygen atoms in total. The summed E-state index contributed by atoms with van der Waals surface area (Å²) in [6.45, 7) is 2.12. The predicted molar refractivity (Wildman–Crippen MR) is 73.3 cm³/mol. The Morgan fingerprint density at radius 3 is 2.52 bits per heavy atom. The van der Waals surface area contributed by atoms with E-state index in [2.05, 4.69) is 0 Å². The number of rotatable bonds is 5. The summed E-state index contributed by atoms with van der Waals surface area (Å²) in [5.41, 5.74) is -0.977. The molecule has 0 aromatic carbocycles. The van der Waals surface area contributed by atoms with Crippen LogP contribution in [0, 0.1) is 0 Å². The van der Waals surface area contributed by atoms with Gasteiger partial charge in [0.25, 0.3) is 5.92 Å². The predicted octanol–water partition coefficient (Wildman–Crippen LogP) is 0.717. The average Bonchev–Trinajstić information content (AvgIpc) is 2.81. The molecule has 1 N–H and O–H groups in total. The van der Waals surface area contributed by atoms with Crippen LogP contribution in [0.5, 0.6) is 0 Å². The lowest BCUT2D eigenvalue weighted by atomic mass is 10.00. The molecular formula is C14H24F2N2O3. The Bertz CT molecular complexity index is 371. The lowest BCUT2D eigenvalue weighted by molar-refractivity contribution is -0.132. The summed E-state index contributed by atoms with van der Waals surface area (Å²) in [4.78, 5) is 15.4. The Morgan fingerprint density at radius 1 is 1.24 bits per heavy atom. The fraction of sp³-hybridized carbons (Fsp3) is 0.929. The third-order valence-electron chi connectivity index (χ3n) is 4.31. The summed E-state index contributed by atoms with van der Waals surface area (Å²) in [7, 11) is 1.54. The van der Waals surface area contributed by atoms with Crippen molar-refractivity contribution in [2.45, 2.75) is 37.2 Å². The van der Waals surface area contributed by atoms with Crippen LogP contribution in [0.25, 0.3) is 0 Å². The van der Waals surface area contributed by atoms with Gasteiger partial charge in [0, 0.05) is 46.1 Å². The molecule has 2 saturated heterocycles. The molecule has 2 fully saturated rings. The smallest absolute Gasteiger partial charge is 0.250 e. The number of piperidine rings is 1. The number of methoxy groups -OCH3 is 1. The van der Waals surface area contributed by atoms with Crippen molar-refractivity contribution in [3.8, 4) is 0 Å². The quantitative estimate of drug-likeness (QED) is 0.813. The Labute approximate surface area is 123 Å². The number of ether oxygens (including phenoxy) is 1. The first-order valence-corrected chi connectivity index (χ1v) is 7.43. The van der Waals surface area contributed by atoms with E-state index in [-0.39, 0.29) is 25.3 Å². The molecule has 2 heterocycles. The fourth-order valence-corrected chi connectivity index (χ4v) is 3.00. The van der Waals surface area contributed by atoms with Crippen LogP contribution in [0.4, 0.5) is 8.78 Å². The van der Waals surface area contributed by atoms with Crippen LogP contribution in [-0.2, 0) is 9.53 Å². The van der Waals surface area contributed by atoms with Crippen molar-refractivity contribution in [2.75, 3.05) is 46.4 Å². The first-order chi connectivity index (χ1) is 9.84. The van der Waals surface area contributed by atoms with Crippen molar-refractivity contribution in [1.29, 1.82) is 0 Å². The first kappa shape index (κ1) is 16.6. The van der Waals surface area contributed by atoms with Crippen molar-refractivity contribution in [1.82, 2.24) is 9.80 Å². The molecule has 1 atom stereocenters. The number of β-amino-alcohol motifs (C(OH)–C–C–N with tert-alkyl or cyclic N) is 1. The summed E-state index contributed by atoms with van der Waals surface area (Å²) >= 11 is 0. The summed E-state index contributed by atoms with van der Waals surface area (Å²) in [6.07, 6.45) is 0.500. The van der Waals surface area contributed by atoms with Crippen molar-refractivity contribution < 1.29 is 23.4 Å². The number of hydrogen-bond acceptors (Lipinski definition) is 4. The van der Waals surface area contributed by atoms with Crippen molar-refractivity contribution in [2.24, 2.45) is 0 Å². The molecule has 0 aromatic rings. The molecule has 2 rings (SSSR count).